The highest BCUT2D eigenvalue weighted by molar-refractivity contribution is 7.91. The lowest BCUT2D eigenvalue weighted by molar-refractivity contribution is 0.0722. The Kier molecular flexibility index (Phi) is 4.90. The summed E-state index contributed by atoms with van der Waals surface area (Å²) in [5.74, 6) is -0.282. The molecule has 0 saturated carbocycles. The van der Waals surface area contributed by atoms with Gasteiger partial charge in [-0.15, -0.1) is 0 Å². The van der Waals surface area contributed by atoms with Crippen LogP contribution in [-0.2, 0) is 9.84 Å². The zero-order chi connectivity index (χ0) is 18.0. The molecule has 2 aromatic carbocycles. The van der Waals surface area contributed by atoms with Crippen LogP contribution in [0.15, 0.2) is 48.5 Å². The van der Waals surface area contributed by atoms with E-state index in [2.05, 4.69) is 0 Å². The van der Waals surface area contributed by atoms with Gasteiger partial charge < -0.3 is 4.90 Å². The van der Waals surface area contributed by atoms with Gasteiger partial charge in [0.1, 0.15) is 15.7 Å². The largest absolute Gasteiger partial charge is 0.339 e. The first-order valence-corrected chi connectivity index (χ1v) is 10.0. The van der Waals surface area contributed by atoms with E-state index in [-0.39, 0.29) is 29.3 Å². The molecule has 3 rings (SSSR count). The van der Waals surface area contributed by atoms with Gasteiger partial charge >= 0.3 is 0 Å². The number of sulfone groups is 1. The number of carbonyl (C=O) groups is 1. The lowest BCUT2D eigenvalue weighted by Gasteiger charge is -2.31. The fraction of sp³-hybridized carbons (Fsp3) is 0.316. The number of hydrogen-bond acceptors (Lipinski definition) is 3. The molecule has 132 valence electrons. The minimum absolute atomic E-state index is 0.0897. The summed E-state index contributed by atoms with van der Waals surface area (Å²) in [5.41, 5.74) is 1.56. The molecular weight excluding hydrogens is 341 g/mol. The van der Waals surface area contributed by atoms with Gasteiger partial charge in [-0.3, -0.25) is 4.79 Å². The predicted molar refractivity (Wildman–Crippen MR) is 95.6 cm³/mol. The maximum absolute atomic E-state index is 14.0. The van der Waals surface area contributed by atoms with Crippen LogP contribution in [0.4, 0.5) is 4.39 Å². The summed E-state index contributed by atoms with van der Waals surface area (Å²) in [6.45, 7) is 0. The zero-order valence-corrected chi connectivity index (χ0v) is 14.8. The third-order valence-corrected chi connectivity index (χ3v) is 6.40. The molecule has 0 spiro atoms. The Labute approximate surface area is 147 Å². The van der Waals surface area contributed by atoms with Gasteiger partial charge in [0.15, 0.2) is 0 Å². The summed E-state index contributed by atoms with van der Waals surface area (Å²) in [6, 6.07) is 13.2. The molecule has 1 heterocycles. The minimum atomic E-state index is -2.97. The Morgan fingerprint density at radius 2 is 1.76 bits per heavy atom. The maximum Gasteiger partial charge on any atom is 0.253 e. The fourth-order valence-corrected chi connectivity index (χ4v) is 4.62. The van der Waals surface area contributed by atoms with Gasteiger partial charge in [-0.1, -0.05) is 30.3 Å². The molecule has 1 saturated heterocycles. The van der Waals surface area contributed by atoms with Crippen LogP contribution in [0.5, 0.6) is 0 Å². The van der Waals surface area contributed by atoms with Crippen LogP contribution in [-0.4, -0.2) is 43.8 Å². The fourth-order valence-electron chi connectivity index (χ4n) is 3.15. The second kappa shape index (κ2) is 6.96. The third kappa shape index (κ3) is 3.90. The zero-order valence-electron chi connectivity index (χ0n) is 14.0. The minimum Gasteiger partial charge on any atom is -0.339 e. The average molecular weight is 361 g/mol. The third-order valence-electron chi connectivity index (χ3n) is 4.69. The average Bonchev–Trinajstić information content (AvgIpc) is 2.61. The Hall–Kier alpha value is -2.21. The molecule has 6 heteroatoms. The Morgan fingerprint density at radius 3 is 2.44 bits per heavy atom. The quantitative estimate of drug-likeness (QED) is 0.844. The molecule has 4 nitrogen and oxygen atoms in total. The smallest absolute Gasteiger partial charge is 0.253 e. The first-order valence-electron chi connectivity index (χ1n) is 8.20. The van der Waals surface area contributed by atoms with Crippen LogP contribution in [0, 0.1) is 5.82 Å². The summed E-state index contributed by atoms with van der Waals surface area (Å²) >= 11 is 0. The topological polar surface area (TPSA) is 54.5 Å². The van der Waals surface area contributed by atoms with Crippen molar-refractivity contribution in [2.45, 2.75) is 18.9 Å². The highest BCUT2D eigenvalue weighted by Crippen LogP contribution is 2.25. The highest BCUT2D eigenvalue weighted by atomic mass is 32.2. The molecule has 1 fully saturated rings. The van der Waals surface area contributed by atoms with Crippen molar-refractivity contribution >= 4 is 15.7 Å². The molecule has 0 atom stereocenters. The Balaban J connectivity index is 1.81. The molecule has 0 N–H and O–H groups in total. The number of benzene rings is 2. The monoisotopic (exact) mass is 361 g/mol. The van der Waals surface area contributed by atoms with E-state index in [4.69, 9.17) is 0 Å². The van der Waals surface area contributed by atoms with Crippen molar-refractivity contribution in [3.05, 3.63) is 59.9 Å². The molecule has 25 heavy (non-hydrogen) atoms. The molecule has 0 aliphatic carbocycles. The molecule has 0 unspecified atom stereocenters. The predicted octanol–water partition coefficient (Wildman–Crippen LogP) is 3.14. The molecule has 1 aliphatic rings. The number of rotatable bonds is 3. The van der Waals surface area contributed by atoms with Crippen LogP contribution in [0.3, 0.4) is 0 Å². The highest BCUT2D eigenvalue weighted by Gasteiger charge is 2.29. The van der Waals surface area contributed by atoms with Crippen LogP contribution in [0.1, 0.15) is 23.2 Å². The van der Waals surface area contributed by atoms with Crippen molar-refractivity contribution in [3.63, 3.8) is 0 Å². The molecule has 2 aromatic rings. The van der Waals surface area contributed by atoms with Crippen molar-refractivity contribution in [1.82, 2.24) is 4.90 Å². The van der Waals surface area contributed by atoms with Gasteiger partial charge in [0.25, 0.3) is 5.91 Å². The molecule has 0 radical (unpaired) electrons. The Morgan fingerprint density at radius 1 is 1.08 bits per heavy atom. The lowest BCUT2D eigenvalue weighted by Crippen LogP contribution is -2.42. The van der Waals surface area contributed by atoms with Gasteiger partial charge in [0, 0.05) is 24.2 Å². The van der Waals surface area contributed by atoms with Crippen molar-refractivity contribution in [2.75, 3.05) is 18.6 Å². The van der Waals surface area contributed by atoms with Gasteiger partial charge in [-0.05, 0) is 36.6 Å². The van der Waals surface area contributed by atoms with Crippen molar-refractivity contribution in [3.8, 4) is 11.1 Å². The van der Waals surface area contributed by atoms with E-state index in [1.54, 1.807) is 54.4 Å². The van der Waals surface area contributed by atoms with Crippen molar-refractivity contribution in [2.24, 2.45) is 0 Å². The summed E-state index contributed by atoms with van der Waals surface area (Å²) in [7, 11) is -1.27. The summed E-state index contributed by atoms with van der Waals surface area (Å²) < 4.78 is 37.1. The number of halogens is 1. The lowest BCUT2D eigenvalue weighted by atomic mass is 10.0. The van der Waals surface area contributed by atoms with E-state index in [0.717, 1.165) is 0 Å². The van der Waals surface area contributed by atoms with E-state index in [1.165, 1.54) is 6.07 Å². The summed E-state index contributed by atoms with van der Waals surface area (Å²) in [4.78, 5) is 14.4. The van der Waals surface area contributed by atoms with E-state index >= 15 is 0 Å². The van der Waals surface area contributed by atoms with Gasteiger partial charge in [-0.2, -0.15) is 0 Å². The molecule has 1 aliphatic heterocycles. The first kappa shape index (κ1) is 17.6. The van der Waals surface area contributed by atoms with Crippen LogP contribution < -0.4 is 0 Å². The normalized spacial score (nSPS) is 17.2. The molecule has 1 amide bonds. The standard InChI is InChI=1S/C19H20FNO3S/c1-21(16-9-11-25(23,24)12-10-16)19(22)15-6-4-5-14(13-15)17-7-2-3-8-18(17)20/h2-8,13,16H,9-12H2,1H3. The summed E-state index contributed by atoms with van der Waals surface area (Å²) in [5, 5.41) is 0. The van der Waals surface area contributed by atoms with Crippen molar-refractivity contribution < 1.29 is 17.6 Å². The Bertz CT molecular complexity index is 881. The van der Waals surface area contributed by atoms with Crippen molar-refractivity contribution in [1.29, 1.82) is 0 Å². The van der Waals surface area contributed by atoms with Crippen LogP contribution in [0.25, 0.3) is 11.1 Å². The van der Waals surface area contributed by atoms with E-state index in [0.29, 0.717) is 29.5 Å². The summed E-state index contributed by atoms with van der Waals surface area (Å²) in [6.07, 6.45) is 0.912. The van der Waals surface area contributed by atoms with Gasteiger partial charge in [0.2, 0.25) is 0 Å². The first-order chi connectivity index (χ1) is 11.9. The molecular formula is C19H20FNO3S. The second-order valence-electron chi connectivity index (χ2n) is 6.36. The molecule has 0 bridgehead atoms. The van der Waals surface area contributed by atoms with Crippen LogP contribution >= 0.6 is 0 Å². The van der Waals surface area contributed by atoms with Gasteiger partial charge in [-0.25, -0.2) is 12.8 Å². The second-order valence-corrected chi connectivity index (χ2v) is 8.66. The van der Waals surface area contributed by atoms with Gasteiger partial charge in [0.05, 0.1) is 11.5 Å². The van der Waals surface area contributed by atoms with E-state index in [1.807, 2.05) is 0 Å². The SMILES string of the molecule is CN(C(=O)c1cccc(-c2ccccc2F)c1)C1CCS(=O)(=O)CC1. The molecule has 0 aromatic heterocycles. The number of nitrogens with zero attached hydrogens (tertiary/aromatic N) is 1. The van der Waals surface area contributed by atoms with E-state index in [9.17, 15) is 17.6 Å². The number of hydrogen-bond donors (Lipinski definition) is 0. The number of carbonyl (C=O) groups excluding carboxylic acids is 1. The number of amides is 1. The van der Waals surface area contributed by atoms with Crippen LogP contribution in [0.2, 0.25) is 0 Å². The van der Waals surface area contributed by atoms with E-state index < -0.39 is 9.84 Å². The maximum atomic E-state index is 14.0.